The van der Waals surface area contributed by atoms with E-state index in [0.717, 1.165) is 28.2 Å². The largest absolute Gasteiger partial charge is 0.151 e. The van der Waals surface area contributed by atoms with Gasteiger partial charge in [-0.1, -0.05) is 100 Å². The van der Waals surface area contributed by atoms with Crippen molar-refractivity contribution < 1.29 is 0 Å². The molecule has 2 aromatic rings. The molecule has 30 heavy (non-hydrogen) atoms. The van der Waals surface area contributed by atoms with Crippen LogP contribution in [0.5, 0.6) is 0 Å². The number of rotatable bonds is 4. The first-order valence-electron chi connectivity index (χ1n) is 12.1. The van der Waals surface area contributed by atoms with Gasteiger partial charge in [-0.3, -0.25) is 0 Å². The molecule has 2 aliphatic carbocycles. The van der Waals surface area contributed by atoms with Gasteiger partial charge in [0.15, 0.2) is 0 Å². The van der Waals surface area contributed by atoms with Crippen molar-refractivity contribution in [2.24, 2.45) is 17.8 Å². The SMILES string of the molecule is C=c1c(C)ccc/c1=C/S.c1ccc(CC2CCC(CC3CCCCC3)CC2)cc1. The van der Waals surface area contributed by atoms with E-state index in [1.807, 2.05) is 25.1 Å². The predicted octanol–water partition coefficient (Wildman–Crippen LogP) is 7.08. The van der Waals surface area contributed by atoms with Crippen LogP contribution >= 0.6 is 12.6 Å². The minimum Gasteiger partial charge on any atom is -0.151 e. The van der Waals surface area contributed by atoms with E-state index in [2.05, 4.69) is 49.5 Å². The van der Waals surface area contributed by atoms with Gasteiger partial charge in [0.2, 0.25) is 0 Å². The lowest BCUT2D eigenvalue weighted by atomic mass is 9.74. The van der Waals surface area contributed by atoms with Crippen molar-refractivity contribution in [2.75, 3.05) is 0 Å². The molecule has 0 heterocycles. The molecule has 4 rings (SSSR count). The molecule has 0 saturated heterocycles. The molecule has 0 aromatic heterocycles. The van der Waals surface area contributed by atoms with Crippen LogP contribution in [0.1, 0.15) is 75.3 Å². The molecule has 0 amide bonds. The van der Waals surface area contributed by atoms with E-state index < -0.39 is 0 Å². The van der Waals surface area contributed by atoms with Crippen molar-refractivity contribution in [3.8, 4) is 0 Å². The van der Waals surface area contributed by atoms with E-state index in [1.165, 1.54) is 69.8 Å². The Kier molecular flexibility index (Phi) is 9.59. The van der Waals surface area contributed by atoms with Crippen molar-refractivity contribution in [3.63, 3.8) is 0 Å². The summed E-state index contributed by atoms with van der Waals surface area (Å²) >= 11 is 4.06. The number of hydrogen-bond donors (Lipinski definition) is 1. The number of benzene rings is 2. The predicted molar refractivity (Wildman–Crippen MR) is 136 cm³/mol. The molecule has 2 fully saturated rings. The van der Waals surface area contributed by atoms with Gasteiger partial charge in [-0.25, -0.2) is 0 Å². The van der Waals surface area contributed by atoms with Crippen molar-refractivity contribution in [2.45, 2.75) is 77.6 Å². The summed E-state index contributed by atoms with van der Waals surface area (Å²) < 4.78 is 0. The average molecular weight is 421 g/mol. The van der Waals surface area contributed by atoms with Crippen molar-refractivity contribution in [1.82, 2.24) is 0 Å². The molecule has 0 spiro atoms. The summed E-state index contributed by atoms with van der Waals surface area (Å²) in [6.07, 6.45) is 16.4. The van der Waals surface area contributed by atoms with Crippen LogP contribution in [0.3, 0.4) is 0 Å². The molecule has 0 atom stereocenters. The van der Waals surface area contributed by atoms with Gasteiger partial charge in [0.25, 0.3) is 0 Å². The Morgan fingerprint density at radius 1 is 0.800 bits per heavy atom. The highest BCUT2D eigenvalue weighted by atomic mass is 32.1. The lowest BCUT2D eigenvalue weighted by molar-refractivity contribution is 0.211. The molecule has 0 aliphatic heterocycles. The third-order valence-electron chi connectivity index (χ3n) is 7.31. The Bertz CT molecular complexity index is 840. The zero-order valence-corrected chi connectivity index (χ0v) is 19.8. The van der Waals surface area contributed by atoms with Crippen LogP contribution in [0.4, 0.5) is 0 Å². The molecule has 0 radical (unpaired) electrons. The van der Waals surface area contributed by atoms with Crippen molar-refractivity contribution in [1.29, 1.82) is 0 Å². The van der Waals surface area contributed by atoms with E-state index in [4.69, 9.17) is 0 Å². The van der Waals surface area contributed by atoms with Gasteiger partial charge in [0, 0.05) is 0 Å². The third-order valence-corrected chi connectivity index (χ3v) is 7.59. The zero-order chi connectivity index (χ0) is 21.2. The van der Waals surface area contributed by atoms with E-state index in [0.29, 0.717) is 0 Å². The first-order chi connectivity index (χ1) is 14.7. The molecule has 0 unspecified atom stereocenters. The summed E-state index contributed by atoms with van der Waals surface area (Å²) in [5, 5.41) is 3.94. The maximum atomic E-state index is 4.06. The lowest BCUT2D eigenvalue weighted by Gasteiger charge is -2.32. The summed E-state index contributed by atoms with van der Waals surface area (Å²) in [7, 11) is 0. The second-order valence-electron chi connectivity index (χ2n) is 9.59. The van der Waals surface area contributed by atoms with Crippen molar-refractivity contribution in [3.05, 3.63) is 70.1 Å². The standard InChI is InChI=1S/C20H30.C9H10S/c1-3-7-17(8-4-1)15-19-11-13-20(14-12-19)16-18-9-5-2-6-10-18;1-7-4-3-5-9(6-10)8(7)2/h1,3-4,7-8,18-20H,2,5-6,9-16H2;3-6,10H,2H2,1H3/b;9-6-. The highest BCUT2D eigenvalue weighted by Gasteiger charge is 2.24. The first-order valence-corrected chi connectivity index (χ1v) is 12.6. The fourth-order valence-corrected chi connectivity index (χ4v) is 5.60. The van der Waals surface area contributed by atoms with Crippen molar-refractivity contribution >= 4 is 24.6 Å². The van der Waals surface area contributed by atoms with Gasteiger partial charge in [0.1, 0.15) is 0 Å². The summed E-state index contributed by atoms with van der Waals surface area (Å²) in [6, 6.07) is 17.2. The third kappa shape index (κ3) is 7.34. The molecule has 0 N–H and O–H groups in total. The molecule has 1 heteroatoms. The van der Waals surface area contributed by atoms with Crippen LogP contribution in [0.15, 0.2) is 48.5 Å². The highest BCUT2D eigenvalue weighted by molar-refractivity contribution is 7.88. The molecule has 2 aromatic carbocycles. The summed E-state index contributed by atoms with van der Waals surface area (Å²) in [5.41, 5.74) is 2.76. The van der Waals surface area contributed by atoms with Crippen LogP contribution in [0.25, 0.3) is 12.0 Å². The first kappa shape index (κ1) is 23.2. The summed E-state index contributed by atoms with van der Waals surface area (Å²) in [4.78, 5) is 0. The number of aryl methyl sites for hydroxylation is 1. The smallest absolute Gasteiger partial charge is 0.0127 e. The van der Waals surface area contributed by atoms with Crippen LogP contribution in [-0.4, -0.2) is 0 Å². The van der Waals surface area contributed by atoms with E-state index in [9.17, 15) is 0 Å². The maximum Gasteiger partial charge on any atom is -0.0127 e. The summed E-state index contributed by atoms with van der Waals surface area (Å²) in [5.74, 6) is 3.10. The monoisotopic (exact) mass is 420 g/mol. The summed E-state index contributed by atoms with van der Waals surface area (Å²) in [6.45, 7) is 5.96. The molecule has 2 saturated carbocycles. The highest BCUT2D eigenvalue weighted by Crippen LogP contribution is 2.37. The van der Waals surface area contributed by atoms with Gasteiger partial charge < -0.3 is 0 Å². The molecular weight excluding hydrogens is 380 g/mol. The Balaban J connectivity index is 0.000000216. The Labute approximate surface area is 189 Å². The van der Waals surface area contributed by atoms with Gasteiger partial charge in [0.05, 0.1) is 0 Å². The molecule has 0 bridgehead atoms. The minimum atomic E-state index is 0.958. The Hall–Kier alpha value is -1.47. The van der Waals surface area contributed by atoms with Crippen LogP contribution < -0.4 is 10.4 Å². The van der Waals surface area contributed by atoms with E-state index in [-0.39, 0.29) is 0 Å². The minimum absolute atomic E-state index is 0.958. The van der Waals surface area contributed by atoms with E-state index in [1.54, 1.807) is 17.4 Å². The van der Waals surface area contributed by atoms with Gasteiger partial charge in [-0.15, -0.1) is 0 Å². The topological polar surface area (TPSA) is 0 Å². The Morgan fingerprint density at radius 2 is 1.43 bits per heavy atom. The van der Waals surface area contributed by atoms with Crippen LogP contribution in [-0.2, 0) is 6.42 Å². The number of hydrogen-bond acceptors (Lipinski definition) is 1. The fraction of sp³-hybridized carbons (Fsp3) is 0.517. The molecule has 162 valence electrons. The average Bonchev–Trinajstić information content (AvgIpc) is 2.79. The van der Waals surface area contributed by atoms with Crippen LogP contribution in [0, 0.1) is 24.7 Å². The van der Waals surface area contributed by atoms with Gasteiger partial charge in [-0.05, 0) is 77.3 Å². The second kappa shape index (κ2) is 12.4. The lowest BCUT2D eigenvalue weighted by Crippen LogP contribution is -2.24. The normalized spacial score (nSPS) is 22.9. The van der Waals surface area contributed by atoms with E-state index >= 15 is 0 Å². The van der Waals surface area contributed by atoms with Gasteiger partial charge in [-0.2, -0.15) is 12.6 Å². The molecular formula is C29H40S. The molecule has 0 nitrogen and oxygen atoms in total. The van der Waals surface area contributed by atoms with Gasteiger partial charge >= 0.3 is 0 Å². The maximum absolute atomic E-state index is 4.06. The second-order valence-corrected chi connectivity index (χ2v) is 9.85. The van der Waals surface area contributed by atoms with Crippen LogP contribution in [0.2, 0.25) is 0 Å². The Morgan fingerprint density at radius 3 is 2.07 bits per heavy atom. The molecule has 2 aliphatic rings. The number of thiol groups is 1. The quantitative estimate of drug-likeness (QED) is 0.502. The zero-order valence-electron chi connectivity index (χ0n) is 18.9. The fourth-order valence-electron chi connectivity index (χ4n) is 5.36.